The maximum absolute atomic E-state index is 3.57. The second-order valence-electron chi connectivity index (χ2n) is 7.36. The number of hydrogen-bond donors (Lipinski definition) is 1. The number of fused-ring (bicyclic) bond motifs is 1. The van der Waals surface area contributed by atoms with Crippen LogP contribution in [0.2, 0.25) is 0 Å². The van der Waals surface area contributed by atoms with Crippen molar-refractivity contribution < 1.29 is 0 Å². The van der Waals surface area contributed by atoms with Crippen LogP contribution in [0.5, 0.6) is 0 Å². The Hall–Kier alpha value is -0.120. The maximum atomic E-state index is 3.57. The average Bonchev–Trinajstić information content (AvgIpc) is 2.83. The van der Waals surface area contributed by atoms with Gasteiger partial charge in [0.25, 0.3) is 0 Å². The number of rotatable bonds is 4. The molecule has 3 atom stereocenters. The fraction of sp³-hybridized carbons (Fsp3) is 1.00. The summed E-state index contributed by atoms with van der Waals surface area (Å²) in [6.07, 6.45) is 8.50. The van der Waals surface area contributed by atoms with Crippen molar-refractivity contribution >= 4 is 0 Å². The Morgan fingerprint density at radius 3 is 2.85 bits per heavy atom. The minimum atomic E-state index is 0.879. The predicted octanol–water partition coefficient (Wildman–Crippen LogP) is 2.18. The Morgan fingerprint density at radius 2 is 2.00 bits per heavy atom. The lowest BCUT2D eigenvalue weighted by molar-refractivity contribution is 0.193. The van der Waals surface area contributed by atoms with Gasteiger partial charge in [-0.25, -0.2) is 0 Å². The van der Waals surface area contributed by atoms with Crippen LogP contribution in [0.15, 0.2) is 0 Å². The number of hydrogen-bond acceptors (Lipinski definition) is 3. The summed E-state index contributed by atoms with van der Waals surface area (Å²) < 4.78 is 0. The number of nitrogens with zero attached hydrogens (tertiary/aromatic N) is 2. The molecule has 0 bridgehead atoms. The molecule has 3 fully saturated rings. The van der Waals surface area contributed by atoms with Gasteiger partial charge >= 0.3 is 0 Å². The smallest absolute Gasteiger partial charge is 0.0223 e. The molecule has 3 nitrogen and oxygen atoms in total. The Balaban J connectivity index is 1.42. The summed E-state index contributed by atoms with van der Waals surface area (Å²) in [5.41, 5.74) is 0. The third kappa shape index (κ3) is 3.75. The van der Waals surface area contributed by atoms with Crippen LogP contribution < -0.4 is 5.32 Å². The average molecular weight is 279 g/mol. The molecule has 1 N–H and O–H groups in total. The highest BCUT2D eigenvalue weighted by Crippen LogP contribution is 2.25. The quantitative estimate of drug-likeness (QED) is 0.851. The summed E-state index contributed by atoms with van der Waals surface area (Å²) >= 11 is 0. The second-order valence-corrected chi connectivity index (χ2v) is 7.36. The van der Waals surface area contributed by atoms with Gasteiger partial charge in [-0.3, -0.25) is 4.90 Å². The summed E-state index contributed by atoms with van der Waals surface area (Å²) in [6, 6.07) is 0.879. The molecule has 0 spiro atoms. The van der Waals surface area contributed by atoms with Gasteiger partial charge in [0.15, 0.2) is 0 Å². The third-order valence-electron chi connectivity index (χ3n) is 5.93. The highest BCUT2D eigenvalue weighted by Gasteiger charge is 2.29. The predicted molar refractivity (Wildman–Crippen MR) is 85.0 cm³/mol. The molecule has 3 unspecified atom stereocenters. The second kappa shape index (κ2) is 7.24. The first kappa shape index (κ1) is 14.8. The van der Waals surface area contributed by atoms with E-state index in [-0.39, 0.29) is 0 Å². The lowest BCUT2D eigenvalue weighted by Crippen LogP contribution is -2.38. The Labute approximate surface area is 125 Å². The van der Waals surface area contributed by atoms with Crippen molar-refractivity contribution in [1.82, 2.24) is 15.1 Å². The highest BCUT2D eigenvalue weighted by atomic mass is 15.3. The van der Waals surface area contributed by atoms with Gasteiger partial charge in [-0.2, -0.15) is 0 Å². The molecule has 3 saturated heterocycles. The van der Waals surface area contributed by atoms with Crippen LogP contribution in [0.4, 0.5) is 0 Å². The Bertz CT molecular complexity index is 288. The van der Waals surface area contributed by atoms with E-state index in [9.17, 15) is 0 Å². The van der Waals surface area contributed by atoms with Gasteiger partial charge in [0.2, 0.25) is 0 Å². The standard InChI is InChI=1S/C17H33N3/c1-15(16-5-2-8-18-13-16)7-12-19-9-4-11-20-10-3-6-17(20)14-19/h15-18H,2-14H2,1H3. The molecule has 3 aliphatic heterocycles. The maximum Gasteiger partial charge on any atom is 0.0223 e. The molecule has 3 aliphatic rings. The summed E-state index contributed by atoms with van der Waals surface area (Å²) in [5, 5.41) is 3.57. The summed E-state index contributed by atoms with van der Waals surface area (Å²) in [7, 11) is 0. The minimum absolute atomic E-state index is 0.879. The molecule has 0 aromatic carbocycles. The van der Waals surface area contributed by atoms with Crippen LogP contribution >= 0.6 is 0 Å². The van der Waals surface area contributed by atoms with Crippen molar-refractivity contribution in [2.24, 2.45) is 11.8 Å². The number of piperidine rings is 1. The zero-order valence-electron chi connectivity index (χ0n) is 13.3. The van der Waals surface area contributed by atoms with E-state index >= 15 is 0 Å². The van der Waals surface area contributed by atoms with Gasteiger partial charge in [-0.1, -0.05) is 6.92 Å². The summed E-state index contributed by atoms with van der Waals surface area (Å²) in [5.74, 6) is 1.82. The normalized spacial score (nSPS) is 34.6. The molecule has 0 radical (unpaired) electrons. The number of nitrogens with one attached hydrogen (secondary N) is 1. The van der Waals surface area contributed by atoms with Crippen molar-refractivity contribution in [3.05, 3.63) is 0 Å². The first-order valence-corrected chi connectivity index (χ1v) is 9.00. The lowest BCUT2D eigenvalue weighted by Gasteiger charge is -2.31. The van der Waals surface area contributed by atoms with Crippen molar-refractivity contribution in [1.29, 1.82) is 0 Å². The minimum Gasteiger partial charge on any atom is -0.316 e. The molecule has 3 heteroatoms. The van der Waals surface area contributed by atoms with Gasteiger partial charge in [0.1, 0.15) is 0 Å². The molecular weight excluding hydrogens is 246 g/mol. The van der Waals surface area contributed by atoms with E-state index in [1.165, 1.54) is 84.3 Å². The van der Waals surface area contributed by atoms with E-state index in [1.807, 2.05) is 0 Å². The molecule has 0 aliphatic carbocycles. The Morgan fingerprint density at radius 1 is 1.10 bits per heavy atom. The van der Waals surface area contributed by atoms with E-state index in [4.69, 9.17) is 0 Å². The molecule has 0 amide bonds. The molecule has 3 rings (SSSR count). The van der Waals surface area contributed by atoms with Crippen molar-refractivity contribution in [2.75, 3.05) is 45.8 Å². The molecular formula is C17H33N3. The fourth-order valence-corrected chi connectivity index (χ4v) is 4.47. The first-order chi connectivity index (χ1) is 9.83. The fourth-order valence-electron chi connectivity index (χ4n) is 4.47. The first-order valence-electron chi connectivity index (χ1n) is 9.00. The van der Waals surface area contributed by atoms with E-state index in [1.54, 1.807) is 0 Å². The van der Waals surface area contributed by atoms with Crippen LogP contribution in [0.1, 0.15) is 45.4 Å². The van der Waals surface area contributed by atoms with Crippen LogP contribution in [0.25, 0.3) is 0 Å². The molecule has 0 saturated carbocycles. The van der Waals surface area contributed by atoms with Gasteiger partial charge in [-0.15, -0.1) is 0 Å². The topological polar surface area (TPSA) is 18.5 Å². The van der Waals surface area contributed by atoms with E-state index in [0.29, 0.717) is 0 Å². The lowest BCUT2D eigenvalue weighted by atomic mass is 9.85. The molecule has 0 aromatic rings. The van der Waals surface area contributed by atoms with Crippen molar-refractivity contribution in [3.63, 3.8) is 0 Å². The van der Waals surface area contributed by atoms with Crippen molar-refractivity contribution in [3.8, 4) is 0 Å². The SMILES string of the molecule is CC(CCN1CCCN2CCCC2C1)C1CCCNC1. The van der Waals surface area contributed by atoms with Crippen LogP contribution in [0.3, 0.4) is 0 Å². The largest absolute Gasteiger partial charge is 0.316 e. The monoisotopic (exact) mass is 279 g/mol. The van der Waals surface area contributed by atoms with Gasteiger partial charge in [-0.05, 0) is 89.6 Å². The van der Waals surface area contributed by atoms with Crippen LogP contribution in [-0.4, -0.2) is 61.7 Å². The van der Waals surface area contributed by atoms with E-state index in [2.05, 4.69) is 22.0 Å². The zero-order valence-corrected chi connectivity index (χ0v) is 13.3. The molecule has 3 heterocycles. The Kier molecular flexibility index (Phi) is 5.36. The summed E-state index contributed by atoms with van der Waals surface area (Å²) in [4.78, 5) is 5.51. The van der Waals surface area contributed by atoms with Gasteiger partial charge in [0.05, 0.1) is 0 Å². The molecule has 116 valence electrons. The van der Waals surface area contributed by atoms with E-state index in [0.717, 1.165) is 17.9 Å². The third-order valence-corrected chi connectivity index (χ3v) is 5.93. The van der Waals surface area contributed by atoms with Crippen LogP contribution in [-0.2, 0) is 0 Å². The highest BCUT2D eigenvalue weighted by molar-refractivity contribution is 4.85. The van der Waals surface area contributed by atoms with Crippen LogP contribution in [0, 0.1) is 11.8 Å². The molecule has 20 heavy (non-hydrogen) atoms. The zero-order chi connectivity index (χ0) is 13.8. The van der Waals surface area contributed by atoms with Crippen molar-refractivity contribution in [2.45, 2.75) is 51.5 Å². The van der Waals surface area contributed by atoms with E-state index < -0.39 is 0 Å². The van der Waals surface area contributed by atoms with Gasteiger partial charge in [0, 0.05) is 12.6 Å². The summed E-state index contributed by atoms with van der Waals surface area (Å²) in [6.45, 7) is 11.7. The molecule has 0 aromatic heterocycles. The van der Waals surface area contributed by atoms with Gasteiger partial charge < -0.3 is 10.2 Å².